The average Bonchev–Trinajstić information content (AvgIpc) is 3.33. The van der Waals surface area contributed by atoms with E-state index in [0.717, 1.165) is 17.9 Å². The summed E-state index contributed by atoms with van der Waals surface area (Å²) in [5.74, 6) is 0.638. The summed E-state index contributed by atoms with van der Waals surface area (Å²) in [4.78, 5) is 22.6. The zero-order chi connectivity index (χ0) is 17.8. The summed E-state index contributed by atoms with van der Waals surface area (Å²) < 4.78 is 7.51. The molecule has 1 aliphatic heterocycles. The summed E-state index contributed by atoms with van der Waals surface area (Å²) >= 11 is 0. The Bertz CT molecular complexity index is 868. The highest BCUT2D eigenvalue weighted by atomic mass is 16.5. The molecule has 0 aliphatic carbocycles. The number of carbonyl (C=O) groups excluding carboxylic acids is 1. The fourth-order valence-corrected chi connectivity index (χ4v) is 2.91. The highest BCUT2D eigenvalue weighted by Crippen LogP contribution is 2.18. The number of carbonyl (C=O) groups is 1. The molecule has 8 nitrogen and oxygen atoms in total. The van der Waals surface area contributed by atoms with Gasteiger partial charge in [-0.05, 0) is 24.3 Å². The van der Waals surface area contributed by atoms with Gasteiger partial charge in [-0.2, -0.15) is 0 Å². The molecule has 0 saturated carbocycles. The Hall–Kier alpha value is -3.29. The van der Waals surface area contributed by atoms with Crippen LogP contribution in [0.3, 0.4) is 0 Å². The lowest BCUT2D eigenvalue weighted by molar-refractivity contribution is 0.0766. The van der Waals surface area contributed by atoms with Crippen LogP contribution < -0.4 is 4.74 Å². The molecule has 0 N–H and O–H groups in total. The molecule has 3 aromatic rings. The van der Waals surface area contributed by atoms with Gasteiger partial charge in [-0.15, -0.1) is 5.10 Å². The number of nitrogens with zero attached hydrogens (tertiary/aromatic N) is 6. The van der Waals surface area contributed by atoms with E-state index >= 15 is 0 Å². The third-order valence-corrected chi connectivity index (χ3v) is 4.19. The first kappa shape index (κ1) is 16.2. The maximum atomic E-state index is 12.6. The van der Waals surface area contributed by atoms with Gasteiger partial charge in [0.25, 0.3) is 5.91 Å². The van der Waals surface area contributed by atoms with Crippen molar-refractivity contribution in [3.8, 4) is 5.75 Å². The van der Waals surface area contributed by atoms with Gasteiger partial charge in [0.1, 0.15) is 11.9 Å². The summed E-state index contributed by atoms with van der Waals surface area (Å²) in [6.07, 6.45) is 7.53. The van der Waals surface area contributed by atoms with Crippen molar-refractivity contribution in [2.24, 2.45) is 0 Å². The van der Waals surface area contributed by atoms with E-state index in [1.165, 1.54) is 0 Å². The first-order valence-corrected chi connectivity index (χ1v) is 8.44. The minimum atomic E-state index is -0.127. The van der Waals surface area contributed by atoms with Gasteiger partial charge in [0, 0.05) is 31.6 Å². The Kier molecular flexibility index (Phi) is 4.55. The molecule has 1 saturated heterocycles. The van der Waals surface area contributed by atoms with Crippen LogP contribution in [0.25, 0.3) is 0 Å². The van der Waals surface area contributed by atoms with E-state index in [4.69, 9.17) is 4.74 Å². The largest absolute Gasteiger partial charge is 0.488 e. The first-order valence-electron chi connectivity index (χ1n) is 8.44. The number of pyridine rings is 2. The molecule has 0 spiro atoms. The monoisotopic (exact) mass is 350 g/mol. The lowest BCUT2D eigenvalue weighted by atomic mass is 10.3. The van der Waals surface area contributed by atoms with Gasteiger partial charge >= 0.3 is 0 Å². The van der Waals surface area contributed by atoms with E-state index in [-0.39, 0.29) is 12.0 Å². The molecule has 26 heavy (non-hydrogen) atoms. The van der Waals surface area contributed by atoms with Crippen molar-refractivity contribution in [3.05, 3.63) is 66.5 Å². The van der Waals surface area contributed by atoms with Gasteiger partial charge < -0.3 is 9.64 Å². The normalized spacial score (nSPS) is 16.6. The topological polar surface area (TPSA) is 86.0 Å². The number of amides is 1. The van der Waals surface area contributed by atoms with Gasteiger partial charge in [-0.1, -0.05) is 11.3 Å². The summed E-state index contributed by atoms with van der Waals surface area (Å²) in [5.41, 5.74) is 1.20. The van der Waals surface area contributed by atoms with Crippen molar-refractivity contribution >= 4 is 5.91 Å². The Morgan fingerprint density at radius 2 is 2.08 bits per heavy atom. The molecular weight excluding hydrogens is 332 g/mol. The van der Waals surface area contributed by atoms with Crippen molar-refractivity contribution in [1.29, 1.82) is 0 Å². The average molecular weight is 350 g/mol. The molecule has 4 heterocycles. The van der Waals surface area contributed by atoms with Crippen molar-refractivity contribution in [3.63, 3.8) is 0 Å². The van der Waals surface area contributed by atoms with Gasteiger partial charge in [-0.3, -0.25) is 14.8 Å². The highest BCUT2D eigenvalue weighted by molar-refractivity contribution is 5.92. The Morgan fingerprint density at radius 1 is 1.19 bits per heavy atom. The molecule has 0 aromatic carbocycles. The fraction of sp³-hybridized carbons (Fsp3) is 0.278. The third-order valence-electron chi connectivity index (χ3n) is 4.19. The second-order valence-electron chi connectivity index (χ2n) is 6.09. The predicted molar refractivity (Wildman–Crippen MR) is 92.5 cm³/mol. The quantitative estimate of drug-likeness (QED) is 0.692. The molecule has 1 fully saturated rings. The van der Waals surface area contributed by atoms with E-state index in [1.54, 1.807) is 34.4 Å². The van der Waals surface area contributed by atoms with Crippen LogP contribution in [0.2, 0.25) is 0 Å². The number of aromatic nitrogens is 5. The molecule has 8 heteroatoms. The summed E-state index contributed by atoms with van der Waals surface area (Å²) in [6, 6.07) is 9.31. The predicted octanol–water partition coefficient (Wildman–Crippen LogP) is 1.41. The smallest absolute Gasteiger partial charge is 0.276 e. The maximum Gasteiger partial charge on any atom is 0.276 e. The van der Waals surface area contributed by atoms with Crippen LogP contribution in [0.4, 0.5) is 0 Å². The Labute approximate surface area is 150 Å². The van der Waals surface area contributed by atoms with Crippen molar-refractivity contribution in [2.75, 3.05) is 13.1 Å². The number of hydrogen-bond acceptors (Lipinski definition) is 6. The van der Waals surface area contributed by atoms with Gasteiger partial charge in [0.15, 0.2) is 5.69 Å². The third kappa shape index (κ3) is 3.69. The molecule has 1 aliphatic rings. The number of rotatable bonds is 5. The Balaban J connectivity index is 1.36. The SMILES string of the molecule is O=C(c1cn(Cc2ccccn2)nn1)N1CC[C@@H](Oc2ccncc2)C1. The van der Waals surface area contributed by atoms with Crippen molar-refractivity contribution in [2.45, 2.75) is 19.1 Å². The van der Waals surface area contributed by atoms with E-state index < -0.39 is 0 Å². The zero-order valence-electron chi connectivity index (χ0n) is 14.1. The van der Waals surface area contributed by atoms with E-state index in [0.29, 0.717) is 25.3 Å². The molecule has 0 radical (unpaired) electrons. The van der Waals surface area contributed by atoms with E-state index in [2.05, 4.69) is 20.3 Å². The van der Waals surface area contributed by atoms with E-state index in [1.807, 2.05) is 30.3 Å². The number of ether oxygens (including phenoxy) is 1. The number of hydrogen-bond donors (Lipinski definition) is 0. The van der Waals surface area contributed by atoms with Crippen LogP contribution in [-0.4, -0.2) is 55.0 Å². The van der Waals surface area contributed by atoms with Crippen LogP contribution in [0.5, 0.6) is 5.75 Å². The summed E-state index contributed by atoms with van der Waals surface area (Å²) in [5, 5.41) is 8.04. The molecule has 3 aromatic heterocycles. The zero-order valence-corrected chi connectivity index (χ0v) is 14.1. The minimum absolute atomic E-state index is 0.0232. The minimum Gasteiger partial charge on any atom is -0.488 e. The molecule has 132 valence electrons. The second-order valence-corrected chi connectivity index (χ2v) is 6.09. The van der Waals surface area contributed by atoms with Crippen LogP contribution in [-0.2, 0) is 6.54 Å². The first-order chi connectivity index (χ1) is 12.8. The molecule has 4 rings (SSSR count). The van der Waals surface area contributed by atoms with Crippen LogP contribution in [0.15, 0.2) is 55.1 Å². The fourth-order valence-electron chi connectivity index (χ4n) is 2.91. The van der Waals surface area contributed by atoms with Crippen LogP contribution >= 0.6 is 0 Å². The molecule has 1 amide bonds. The van der Waals surface area contributed by atoms with Crippen molar-refractivity contribution in [1.82, 2.24) is 29.9 Å². The summed E-state index contributed by atoms with van der Waals surface area (Å²) in [6.45, 7) is 1.66. The van der Waals surface area contributed by atoms with Crippen LogP contribution in [0, 0.1) is 0 Å². The highest BCUT2D eigenvalue weighted by Gasteiger charge is 2.29. The molecule has 1 atom stereocenters. The number of likely N-dealkylation sites (tertiary alicyclic amines) is 1. The van der Waals surface area contributed by atoms with Gasteiger partial charge in [0.05, 0.1) is 25.0 Å². The van der Waals surface area contributed by atoms with Gasteiger partial charge in [0.2, 0.25) is 0 Å². The van der Waals surface area contributed by atoms with E-state index in [9.17, 15) is 4.79 Å². The molecular formula is C18H18N6O2. The lowest BCUT2D eigenvalue weighted by Crippen LogP contribution is -2.31. The second kappa shape index (κ2) is 7.30. The summed E-state index contributed by atoms with van der Waals surface area (Å²) in [7, 11) is 0. The molecule has 0 unspecified atom stereocenters. The lowest BCUT2D eigenvalue weighted by Gasteiger charge is -2.16. The van der Waals surface area contributed by atoms with Gasteiger partial charge in [-0.25, -0.2) is 4.68 Å². The maximum absolute atomic E-state index is 12.6. The van der Waals surface area contributed by atoms with Crippen LogP contribution in [0.1, 0.15) is 22.6 Å². The molecule has 0 bridgehead atoms. The van der Waals surface area contributed by atoms with Crippen molar-refractivity contribution < 1.29 is 9.53 Å². The standard InChI is InChI=1S/C18H18N6O2/c25-18(17-13-24(22-21-17)11-14-3-1-2-7-20-14)23-10-6-16(12-23)26-15-4-8-19-9-5-15/h1-5,7-9,13,16H,6,10-12H2/t16-/m1/s1. The Morgan fingerprint density at radius 3 is 2.88 bits per heavy atom.